The van der Waals surface area contributed by atoms with Crippen molar-refractivity contribution in [3.8, 4) is 5.75 Å². The fraction of sp³-hybridized carbons (Fsp3) is 0.417. The Morgan fingerprint density at radius 3 is 2.59 bits per heavy atom. The number of rotatable bonds is 6. The number of β-amino-alcohol motifs (C(OH)–C–C–N with tert-alkyl or cyclic N) is 1. The molecule has 2 aromatic rings. The van der Waals surface area contributed by atoms with E-state index in [0.29, 0.717) is 42.0 Å². The van der Waals surface area contributed by atoms with Crippen molar-refractivity contribution < 1.29 is 24.2 Å². The van der Waals surface area contributed by atoms with Gasteiger partial charge in [0.15, 0.2) is 0 Å². The second-order valence-corrected chi connectivity index (χ2v) is 8.63. The van der Waals surface area contributed by atoms with Gasteiger partial charge in [0.05, 0.1) is 31.6 Å². The van der Waals surface area contributed by atoms with E-state index in [-0.39, 0.29) is 18.9 Å². The van der Waals surface area contributed by atoms with E-state index in [1.54, 1.807) is 30.3 Å². The Balaban J connectivity index is 1.47. The van der Waals surface area contributed by atoms with Gasteiger partial charge in [-0.2, -0.15) is 0 Å². The number of urea groups is 1. The molecule has 0 bridgehead atoms. The van der Waals surface area contributed by atoms with Gasteiger partial charge in [0.25, 0.3) is 0 Å². The zero-order chi connectivity index (χ0) is 24.1. The maximum atomic E-state index is 13.2. The Morgan fingerprint density at radius 2 is 1.88 bits per heavy atom. The molecule has 34 heavy (non-hydrogen) atoms. The molecule has 0 aliphatic carbocycles. The van der Waals surface area contributed by atoms with Gasteiger partial charge < -0.3 is 35.0 Å². The number of morpholine rings is 1. The summed E-state index contributed by atoms with van der Waals surface area (Å²) >= 11 is 5.90. The highest BCUT2D eigenvalue weighted by molar-refractivity contribution is 6.30. The Hall–Kier alpha value is -3.01. The Kier molecular flexibility index (Phi) is 7.77. The molecular formula is C24H29ClN4O5. The fourth-order valence-corrected chi connectivity index (χ4v) is 4.26. The fourth-order valence-electron chi connectivity index (χ4n) is 4.14. The van der Waals surface area contributed by atoms with Crippen molar-refractivity contribution in [2.45, 2.75) is 25.5 Å². The predicted molar refractivity (Wildman–Crippen MR) is 131 cm³/mol. The number of nitrogens with zero attached hydrogens (tertiary/aromatic N) is 2. The van der Waals surface area contributed by atoms with Crippen molar-refractivity contribution in [3.05, 3.63) is 47.5 Å². The molecule has 2 saturated heterocycles. The van der Waals surface area contributed by atoms with Gasteiger partial charge in [0.2, 0.25) is 5.91 Å². The lowest BCUT2D eigenvalue weighted by atomic mass is 10.1. The smallest absolute Gasteiger partial charge is 0.322 e. The highest BCUT2D eigenvalue weighted by Gasteiger charge is 2.39. The number of hydrogen-bond acceptors (Lipinski definition) is 6. The highest BCUT2D eigenvalue weighted by atomic mass is 35.5. The third-order valence-electron chi connectivity index (χ3n) is 5.84. The quantitative estimate of drug-likeness (QED) is 0.577. The van der Waals surface area contributed by atoms with Gasteiger partial charge in [-0.15, -0.1) is 0 Å². The average Bonchev–Trinajstić information content (AvgIpc) is 3.24. The summed E-state index contributed by atoms with van der Waals surface area (Å²) in [6, 6.07) is 11.0. The van der Waals surface area contributed by atoms with Crippen LogP contribution in [0.15, 0.2) is 42.5 Å². The first kappa shape index (κ1) is 24.1. The molecule has 0 aromatic heterocycles. The second-order valence-electron chi connectivity index (χ2n) is 8.20. The number of nitrogens with one attached hydrogen (secondary N) is 2. The van der Waals surface area contributed by atoms with Crippen LogP contribution < -0.4 is 20.3 Å². The average molecular weight is 489 g/mol. The number of carbonyl (C=O) groups is 2. The molecule has 182 valence electrons. The van der Waals surface area contributed by atoms with Crippen molar-refractivity contribution in [3.63, 3.8) is 0 Å². The van der Waals surface area contributed by atoms with Crippen LogP contribution in [0.4, 0.5) is 21.9 Å². The first-order valence-corrected chi connectivity index (χ1v) is 11.7. The molecule has 2 aliphatic rings. The number of carbonyl (C=O) groups excluding carboxylic acids is 2. The number of aliphatic hydroxyl groups is 1. The lowest BCUT2D eigenvalue weighted by Crippen LogP contribution is -2.45. The Morgan fingerprint density at radius 1 is 1.15 bits per heavy atom. The maximum Gasteiger partial charge on any atom is 0.322 e. The van der Waals surface area contributed by atoms with Gasteiger partial charge in [0.1, 0.15) is 11.8 Å². The van der Waals surface area contributed by atoms with E-state index < -0.39 is 18.2 Å². The summed E-state index contributed by atoms with van der Waals surface area (Å²) in [5.41, 5.74) is 2.06. The minimum Gasteiger partial charge on any atom is -0.492 e. The van der Waals surface area contributed by atoms with E-state index in [0.717, 1.165) is 18.8 Å². The molecule has 2 fully saturated rings. The second kappa shape index (κ2) is 10.9. The van der Waals surface area contributed by atoms with Crippen LogP contribution in [0, 0.1) is 0 Å². The number of halogens is 1. The molecule has 10 heteroatoms. The molecule has 3 amide bonds. The standard InChI is InChI=1S/C24H29ClN4O5/c1-2-34-22-13-18(28-9-11-33-12-10-28)7-8-20(22)27-23(31)21-14-19(30)15-29(21)24(32)26-17-5-3-16(25)4-6-17/h3-8,13,19,21,30H,2,9-12,14-15H2,1H3,(H,26,32)(H,27,31)/t19-,21-/m1/s1. The number of likely N-dealkylation sites (tertiary alicyclic amines) is 1. The first-order valence-electron chi connectivity index (χ1n) is 11.4. The number of amides is 3. The molecule has 4 rings (SSSR count). The van der Waals surface area contributed by atoms with E-state index in [4.69, 9.17) is 21.1 Å². The number of hydrogen-bond donors (Lipinski definition) is 3. The van der Waals surface area contributed by atoms with Crippen molar-refractivity contribution in [1.29, 1.82) is 0 Å². The van der Waals surface area contributed by atoms with E-state index >= 15 is 0 Å². The van der Waals surface area contributed by atoms with Crippen molar-refractivity contribution in [2.24, 2.45) is 0 Å². The van der Waals surface area contributed by atoms with Crippen molar-refractivity contribution in [2.75, 3.05) is 55.0 Å². The Labute approximate surface area is 203 Å². The van der Waals surface area contributed by atoms with Crippen LogP contribution in [0.1, 0.15) is 13.3 Å². The zero-order valence-corrected chi connectivity index (χ0v) is 19.8. The molecule has 3 N–H and O–H groups in total. The van der Waals surface area contributed by atoms with Gasteiger partial charge >= 0.3 is 6.03 Å². The first-order chi connectivity index (χ1) is 16.4. The van der Waals surface area contributed by atoms with Crippen LogP contribution >= 0.6 is 11.6 Å². The summed E-state index contributed by atoms with van der Waals surface area (Å²) in [4.78, 5) is 29.6. The van der Waals surface area contributed by atoms with Crippen molar-refractivity contribution >= 4 is 40.6 Å². The molecular weight excluding hydrogens is 460 g/mol. The van der Waals surface area contributed by atoms with Gasteiger partial charge in [-0.3, -0.25) is 4.79 Å². The molecule has 0 spiro atoms. The summed E-state index contributed by atoms with van der Waals surface area (Å²) < 4.78 is 11.2. The van der Waals surface area contributed by atoms with Crippen LogP contribution in [-0.2, 0) is 9.53 Å². The van der Waals surface area contributed by atoms with E-state index in [2.05, 4.69) is 15.5 Å². The van der Waals surface area contributed by atoms with Crippen LogP contribution in [-0.4, -0.2) is 73.5 Å². The molecule has 0 saturated carbocycles. The lowest BCUT2D eigenvalue weighted by Gasteiger charge is -2.29. The maximum absolute atomic E-state index is 13.2. The number of ether oxygens (including phenoxy) is 2. The molecule has 2 atom stereocenters. The molecule has 0 radical (unpaired) electrons. The summed E-state index contributed by atoms with van der Waals surface area (Å²) in [5, 5.41) is 16.4. The van der Waals surface area contributed by atoms with Gasteiger partial charge in [0, 0.05) is 48.5 Å². The van der Waals surface area contributed by atoms with Crippen molar-refractivity contribution in [1.82, 2.24) is 4.90 Å². The summed E-state index contributed by atoms with van der Waals surface area (Å²) in [6.07, 6.45) is -0.642. The number of anilines is 3. The normalized spacial score (nSPS) is 20.2. The van der Waals surface area contributed by atoms with Crippen LogP contribution in [0.25, 0.3) is 0 Å². The third kappa shape index (κ3) is 5.72. The minimum absolute atomic E-state index is 0.0613. The zero-order valence-electron chi connectivity index (χ0n) is 19.0. The topological polar surface area (TPSA) is 103 Å². The minimum atomic E-state index is -0.823. The summed E-state index contributed by atoms with van der Waals surface area (Å²) in [7, 11) is 0. The van der Waals surface area contributed by atoms with Gasteiger partial charge in [-0.05, 0) is 43.3 Å². The van der Waals surface area contributed by atoms with Crippen LogP contribution in [0.3, 0.4) is 0 Å². The van der Waals surface area contributed by atoms with E-state index in [1.165, 1.54) is 4.90 Å². The van der Waals surface area contributed by atoms with Gasteiger partial charge in [-0.25, -0.2) is 4.79 Å². The number of aliphatic hydroxyl groups excluding tert-OH is 1. The highest BCUT2D eigenvalue weighted by Crippen LogP contribution is 2.32. The molecule has 2 aliphatic heterocycles. The summed E-state index contributed by atoms with van der Waals surface area (Å²) in [5.74, 6) is 0.165. The third-order valence-corrected chi connectivity index (χ3v) is 6.09. The monoisotopic (exact) mass is 488 g/mol. The molecule has 2 heterocycles. The van der Waals surface area contributed by atoms with E-state index in [9.17, 15) is 14.7 Å². The molecule has 9 nitrogen and oxygen atoms in total. The molecule has 0 unspecified atom stereocenters. The number of benzene rings is 2. The largest absolute Gasteiger partial charge is 0.492 e. The molecule has 2 aromatic carbocycles. The SMILES string of the molecule is CCOc1cc(N2CCOCC2)ccc1NC(=O)[C@H]1C[C@@H](O)CN1C(=O)Nc1ccc(Cl)cc1. The van der Waals surface area contributed by atoms with E-state index in [1.807, 2.05) is 19.1 Å². The predicted octanol–water partition coefficient (Wildman–Crippen LogP) is 3.18. The summed E-state index contributed by atoms with van der Waals surface area (Å²) in [6.45, 7) is 5.28. The van der Waals surface area contributed by atoms with Crippen LogP contribution in [0.5, 0.6) is 5.75 Å². The Bertz CT molecular complexity index is 1010. The van der Waals surface area contributed by atoms with Gasteiger partial charge in [-0.1, -0.05) is 11.6 Å². The van der Waals surface area contributed by atoms with Crippen LogP contribution in [0.2, 0.25) is 5.02 Å². The lowest BCUT2D eigenvalue weighted by molar-refractivity contribution is -0.119.